The molecule has 2 rings (SSSR count). The number of likely N-dealkylation sites (tertiary alicyclic amines) is 1. The summed E-state index contributed by atoms with van der Waals surface area (Å²) in [4.78, 5) is 52.0. The summed E-state index contributed by atoms with van der Waals surface area (Å²) < 4.78 is 37.6. The van der Waals surface area contributed by atoms with Crippen LogP contribution in [-0.4, -0.2) is 77.9 Å². The average molecular weight is 459 g/mol. The average Bonchev–Trinajstić information content (AvgIpc) is 3.26. The number of carbonyl (C=O) groups is 4. The second kappa shape index (κ2) is 9.34. The first-order chi connectivity index (χ1) is 14.7. The summed E-state index contributed by atoms with van der Waals surface area (Å²) in [6.45, 7) is 5.21. The van der Waals surface area contributed by atoms with Gasteiger partial charge < -0.3 is 20.4 Å². The Morgan fingerprint density at radius 3 is 2.44 bits per heavy atom. The molecule has 2 aliphatic rings. The van der Waals surface area contributed by atoms with Crippen molar-refractivity contribution in [2.24, 2.45) is 11.3 Å². The monoisotopic (exact) mass is 459 g/mol. The van der Waals surface area contributed by atoms with Gasteiger partial charge in [-0.3, -0.25) is 19.2 Å². The molecule has 0 aliphatic carbocycles. The Morgan fingerprint density at radius 1 is 1.34 bits per heavy atom. The Morgan fingerprint density at radius 2 is 1.97 bits per heavy atom. The number of alkyl halides is 3. The molecule has 0 radical (unpaired) electrons. The second-order valence-electron chi connectivity index (χ2n) is 8.89. The van der Waals surface area contributed by atoms with Gasteiger partial charge in [0.1, 0.15) is 18.1 Å². The highest BCUT2D eigenvalue weighted by Crippen LogP contribution is 2.41. The van der Waals surface area contributed by atoms with E-state index < -0.39 is 47.4 Å². The second-order valence-corrected chi connectivity index (χ2v) is 8.89. The lowest BCUT2D eigenvalue weighted by Gasteiger charge is -2.34. The standard InChI is InChI=1S/C20H28F3N5O4/c1-11(2)7-14(27(4)15(29)12(3)26-18(32)20(21,22)23)16(30)28-10-19(8-13(28)9-24)5-6-25-17(19)31/h11-14H,5-8,10H2,1-4H3,(H,25,31)(H,26,32)/t12?,13-,14?,19-/m0/s1. The zero-order chi connectivity index (χ0) is 24.4. The molecule has 2 saturated heterocycles. The fraction of sp³-hybridized carbons (Fsp3) is 0.750. The van der Waals surface area contributed by atoms with Crippen molar-refractivity contribution in [1.29, 1.82) is 5.26 Å². The summed E-state index contributed by atoms with van der Waals surface area (Å²) in [6.07, 6.45) is -4.29. The van der Waals surface area contributed by atoms with Gasteiger partial charge in [0.05, 0.1) is 11.5 Å². The first kappa shape index (κ1) is 25.4. The number of likely N-dealkylation sites (N-methyl/N-ethyl adjacent to an activating group) is 1. The molecule has 178 valence electrons. The van der Waals surface area contributed by atoms with Crippen molar-refractivity contribution < 1.29 is 32.3 Å². The minimum absolute atomic E-state index is 0.0346. The smallest absolute Gasteiger partial charge is 0.356 e. The zero-order valence-corrected chi connectivity index (χ0v) is 18.5. The van der Waals surface area contributed by atoms with Gasteiger partial charge in [-0.1, -0.05) is 13.8 Å². The maximum absolute atomic E-state index is 13.4. The third-order valence-corrected chi connectivity index (χ3v) is 6.01. The van der Waals surface area contributed by atoms with Crippen molar-refractivity contribution in [2.75, 3.05) is 20.1 Å². The molecule has 2 aliphatic heterocycles. The SMILES string of the molecule is CC(C)CC(C(=O)N1C[C@]2(CCNC2=O)C[C@H]1C#N)N(C)C(=O)C(C)NC(=O)C(F)(F)F. The van der Waals surface area contributed by atoms with Crippen LogP contribution in [0.3, 0.4) is 0 Å². The van der Waals surface area contributed by atoms with Gasteiger partial charge >= 0.3 is 12.1 Å². The van der Waals surface area contributed by atoms with Crippen LogP contribution in [0.25, 0.3) is 0 Å². The lowest BCUT2D eigenvalue weighted by molar-refractivity contribution is -0.175. The van der Waals surface area contributed by atoms with Crippen LogP contribution in [0.1, 0.15) is 40.0 Å². The molecule has 2 heterocycles. The van der Waals surface area contributed by atoms with Gasteiger partial charge in [-0.25, -0.2) is 0 Å². The molecule has 9 nitrogen and oxygen atoms in total. The Hall–Kier alpha value is -2.84. The Labute approximate surface area is 184 Å². The lowest BCUT2D eigenvalue weighted by Crippen LogP contribution is -2.56. The molecular weight excluding hydrogens is 431 g/mol. The minimum atomic E-state index is -5.15. The van der Waals surface area contributed by atoms with Gasteiger partial charge in [0, 0.05) is 20.1 Å². The number of hydrogen-bond acceptors (Lipinski definition) is 5. The van der Waals surface area contributed by atoms with Crippen LogP contribution in [0, 0.1) is 22.7 Å². The molecule has 2 unspecified atom stereocenters. The number of nitriles is 1. The molecule has 0 bridgehead atoms. The molecule has 1 spiro atoms. The molecule has 4 atom stereocenters. The van der Waals surface area contributed by atoms with Crippen molar-refractivity contribution in [3.05, 3.63) is 0 Å². The molecular formula is C20H28F3N5O4. The van der Waals surface area contributed by atoms with E-state index in [1.165, 1.54) is 11.9 Å². The first-order valence-electron chi connectivity index (χ1n) is 10.4. The van der Waals surface area contributed by atoms with Crippen LogP contribution >= 0.6 is 0 Å². The molecule has 0 saturated carbocycles. The van der Waals surface area contributed by atoms with E-state index >= 15 is 0 Å². The number of hydrogen-bond donors (Lipinski definition) is 2. The fourth-order valence-corrected chi connectivity index (χ4v) is 4.25. The molecule has 0 aromatic heterocycles. The molecule has 12 heteroatoms. The van der Waals surface area contributed by atoms with E-state index in [1.807, 2.05) is 19.9 Å². The zero-order valence-electron chi connectivity index (χ0n) is 18.5. The molecule has 0 aromatic rings. The van der Waals surface area contributed by atoms with E-state index in [9.17, 15) is 37.6 Å². The van der Waals surface area contributed by atoms with Crippen LogP contribution in [0.2, 0.25) is 0 Å². The Kier molecular flexibility index (Phi) is 7.42. The number of nitrogens with zero attached hydrogens (tertiary/aromatic N) is 3. The molecule has 4 amide bonds. The number of halogens is 3. The lowest BCUT2D eigenvalue weighted by atomic mass is 9.84. The van der Waals surface area contributed by atoms with E-state index in [0.29, 0.717) is 13.0 Å². The van der Waals surface area contributed by atoms with Crippen LogP contribution < -0.4 is 10.6 Å². The number of amides is 4. The number of nitrogens with one attached hydrogen (secondary N) is 2. The molecule has 2 fully saturated rings. The van der Waals surface area contributed by atoms with Crippen molar-refractivity contribution in [1.82, 2.24) is 20.4 Å². The van der Waals surface area contributed by atoms with Crippen LogP contribution in [-0.2, 0) is 19.2 Å². The maximum Gasteiger partial charge on any atom is 0.471 e. The topological polar surface area (TPSA) is 123 Å². The predicted octanol–water partition coefficient (Wildman–Crippen LogP) is 0.557. The highest BCUT2D eigenvalue weighted by molar-refractivity contribution is 5.94. The van der Waals surface area contributed by atoms with Gasteiger partial charge in [0.15, 0.2) is 0 Å². The molecule has 2 N–H and O–H groups in total. The number of carbonyl (C=O) groups excluding carboxylic acids is 4. The van der Waals surface area contributed by atoms with E-state index in [2.05, 4.69) is 5.32 Å². The fourth-order valence-electron chi connectivity index (χ4n) is 4.25. The van der Waals surface area contributed by atoms with E-state index in [4.69, 9.17) is 0 Å². The van der Waals surface area contributed by atoms with Crippen molar-refractivity contribution in [2.45, 2.75) is 64.3 Å². The van der Waals surface area contributed by atoms with Gasteiger partial charge in [0.2, 0.25) is 17.7 Å². The summed E-state index contributed by atoms with van der Waals surface area (Å²) in [7, 11) is 1.28. The summed E-state index contributed by atoms with van der Waals surface area (Å²) in [5.74, 6) is -3.96. The summed E-state index contributed by atoms with van der Waals surface area (Å²) in [5, 5.41) is 13.9. The van der Waals surface area contributed by atoms with E-state index in [-0.39, 0.29) is 31.2 Å². The van der Waals surface area contributed by atoms with Crippen molar-refractivity contribution in [3.63, 3.8) is 0 Å². The highest BCUT2D eigenvalue weighted by atomic mass is 19.4. The van der Waals surface area contributed by atoms with E-state index in [0.717, 1.165) is 11.8 Å². The summed E-state index contributed by atoms with van der Waals surface area (Å²) in [6, 6.07) is -1.39. The van der Waals surface area contributed by atoms with Gasteiger partial charge in [0.25, 0.3) is 0 Å². The summed E-state index contributed by atoms with van der Waals surface area (Å²) >= 11 is 0. The normalized spacial score (nSPS) is 24.8. The maximum atomic E-state index is 13.4. The van der Waals surface area contributed by atoms with Gasteiger partial charge in [-0.15, -0.1) is 0 Å². The van der Waals surface area contributed by atoms with Crippen molar-refractivity contribution in [3.8, 4) is 6.07 Å². The third kappa shape index (κ3) is 5.14. The van der Waals surface area contributed by atoms with E-state index in [1.54, 1.807) is 5.32 Å². The predicted molar refractivity (Wildman–Crippen MR) is 105 cm³/mol. The third-order valence-electron chi connectivity index (χ3n) is 6.01. The Bertz CT molecular complexity index is 825. The summed E-state index contributed by atoms with van der Waals surface area (Å²) in [5.41, 5.74) is -0.852. The van der Waals surface area contributed by atoms with Gasteiger partial charge in [-0.05, 0) is 32.1 Å². The quantitative estimate of drug-likeness (QED) is 0.601. The molecule has 32 heavy (non-hydrogen) atoms. The van der Waals surface area contributed by atoms with Crippen LogP contribution in [0.4, 0.5) is 13.2 Å². The van der Waals surface area contributed by atoms with Crippen molar-refractivity contribution >= 4 is 23.6 Å². The first-order valence-corrected chi connectivity index (χ1v) is 10.4. The van der Waals surface area contributed by atoms with Crippen LogP contribution in [0.15, 0.2) is 0 Å². The largest absolute Gasteiger partial charge is 0.471 e. The minimum Gasteiger partial charge on any atom is -0.356 e. The molecule has 0 aromatic carbocycles. The highest BCUT2D eigenvalue weighted by Gasteiger charge is 2.54. The Balaban J connectivity index is 2.23. The number of rotatable bonds is 6. The van der Waals surface area contributed by atoms with Gasteiger partial charge in [-0.2, -0.15) is 18.4 Å². The van der Waals surface area contributed by atoms with Crippen LogP contribution in [0.5, 0.6) is 0 Å².